The highest BCUT2D eigenvalue weighted by Gasteiger charge is 2.03. The predicted molar refractivity (Wildman–Crippen MR) is 91.4 cm³/mol. The Bertz CT molecular complexity index is 657. The average molecular weight is 362 g/mol. The molecule has 2 N–H and O–H groups in total. The van der Waals surface area contributed by atoms with Crippen molar-refractivity contribution in [3.05, 3.63) is 58.6 Å². The Morgan fingerprint density at radius 3 is 2.68 bits per heavy atom. The number of para-hydroxylation sites is 2. The lowest BCUT2D eigenvalue weighted by molar-refractivity contribution is -0.119. The molecule has 2 aromatic rings. The number of hydrogen-bond acceptors (Lipinski definition) is 4. The first-order valence-electron chi connectivity index (χ1n) is 6.63. The van der Waals surface area contributed by atoms with Gasteiger partial charge in [-0.2, -0.15) is 5.10 Å². The van der Waals surface area contributed by atoms with Crippen LogP contribution in [0.2, 0.25) is 0 Å². The third-order valence-electron chi connectivity index (χ3n) is 2.82. The molecule has 0 heterocycles. The van der Waals surface area contributed by atoms with Crippen molar-refractivity contribution in [3.8, 4) is 5.75 Å². The highest BCUT2D eigenvalue weighted by atomic mass is 79.9. The minimum absolute atomic E-state index is 0.109. The number of nitrogens with zero attached hydrogens (tertiary/aromatic N) is 1. The summed E-state index contributed by atoms with van der Waals surface area (Å²) >= 11 is 3.36. The van der Waals surface area contributed by atoms with Gasteiger partial charge in [0.15, 0.2) is 0 Å². The zero-order chi connectivity index (χ0) is 15.8. The Labute approximate surface area is 137 Å². The maximum absolute atomic E-state index is 11.7. The summed E-state index contributed by atoms with van der Waals surface area (Å²) in [4.78, 5) is 11.7. The summed E-state index contributed by atoms with van der Waals surface area (Å²) in [5.41, 5.74) is 4.13. The fraction of sp³-hybridized carbons (Fsp3) is 0.125. The molecule has 0 saturated heterocycles. The van der Waals surface area contributed by atoms with Crippen LogP contribution >= 0.6 is 15.9 Å². The van der Waals surface area contributed by atoms with Gasteiger partial charge in [-0.25, -0.2) is 5.43 Å². The van der Waals surface area contributed by atoms with Gasteiger partial charge in [-0.3, -0.25) is 4.79 Å². The van der Waals surface area contributed by atoms with Crippen LogP contribution in [0.25, 0.3) is 0 Å². The van der Waals surface area contributed by atoms with Gasteiger partial charge in [0, 0.05) is 4.47 Å². The van der Waals surface area contributed by atoms with E-state index in [2.05, 4.69) is 31.8 Å². The number of nitrogens with one attached hydrogen (secondary N) is 2. The lowest BCUT2D eigenvalue weighted by Gasteiger charge is -2.09. The molecule has 0 aromatic heterocycles. The van der Waals surface area contributed by atoms with Crippen molar-refractivity contribution in [2.45, 2.75) is 0 Å². The first kappa shape index (κ1) is 16.0. The van der Waals surface area contributed by atoms with Gasteiger partial charge in [-0.1, -0.05) is 40.2 Å². The summed E-state index contributed by atoms with van der Waals surface area (Å²) < 4.78 is 6.19. The lowest BCUT2D eigenvalue weighted by atomic mass is 10.2. The molecule has 0 aliphatic carbocycles. The molecule has 6 heteroatoms. The van der Waals surface area contributed by atoms with Crippen LogP contribution in [0.5, 0.6) is 5.75 Å². The molecule has 0 atom stereocenters. The second kappa shape index (κ2) is 8.19. The number of halogens is 1. The number of ether oxygens (including phenoxy) is 1. The topological polar surface area (TPSA) is 62.7 Å². The maximum atomic E-state index is 11.7. The fourth-order valence-electron chi connectivity index (χ4n) is 1.73. The van der Waals surface area contributed by atoms with Crippen LogP contribution in [-0.4, -0.2) is 25.8 Å². The van der Waals surface area contributed by atoms with E-state index in [4.69, 9.17) is 4.74 Å². The number of benzene rings is 2. The minimum Gasteiger partial charge on any atom is -0.495 e. The molecular weight excluding hydrogens is 346 g/mol. The zero-order valence-corrected chi connectivity index (χ0v) is 13.6. The van der Waals surface area contributed by atoms with Crippen molar-refractivity contribution in [3.63, 3.8) is 0 Å². The van der Waals surface area contributed by atoms with Crippen molar-refractivity contribution in [2.75, 3.05) is 19.0 Å². The number of hydrazone groups is 1. The van der Waals surface area contributed by atoms with Crippen LogP contribution in [-0.2, 0) is 4.79 Å². The number of carbonyl (C=O) groups is 1. The van der Waals surface area contributed by atoms with Crippen molar-refractivity contribution < 1.29 is 9.53 Å². The van der Waals surface area contributed by atoms with Gasteiger partial charge >= 0.3 is 0 Å². The van der Waals surface area contributed by atoms with E-state index in [1.807, 2.05) is 48.5 Å². The molecule has 0 unspecified atom stereocenters. The molecular formula is C16H16BrN3O2. The predicted octanol–water partition coefficient (Wildman–Crippen LogP) is 3.02. The Morgan fingerprint density at radius 2 is 1.95 bits per heavy atom. The molecule has 0 fully saturated rings. The van der Waals surface area contributed by atoms with E-state index in [0.717, 1.165) is 15.7 Å². The molecule has 5 nitrogen and oxygen atoms in total. The number of amides is 1. The zero-order valence-electron chi connectivity index (χ0n) is 12.0. The van der Waals surface area contributed by atoms with Crippen LogP contribution in [0.15, 0.2) is 58.1 Å². The molecule has 0 spiro atoms. The van der Waals surface area contributed by atoms with Crippen LogP contribution < -0.4 is 15.5 Å². The van der Waals surface area contributed by atoms with E-state index in [-0.39, 0.29) is 12.5 Å². The third kappa shape index (κ3) is 4.89. The fourth-order valence-corrected chi connectivity index (χ4v) is 2.00. The third-order valence-corrected chi connectivity index (χ3v) is 3.35. The molecule has 0 aliphatic heterocycles. The average Bonchev–Trinajstić information content (AvgIpc) is 2.55. The summed E-state index contributed by atoms with van der Waals surface area (Å²) in [6.45, 7) is 0.109. The number of hydrogen-bond donors (Lipinski definition) is 2. The molecule has 1 amide bonds. The second-order valence-corrected chi connectivity index (χ2v) is 5.31. The monoisotopic (exact) mass is 361 g/mol. The first-order chi connectivity index (χ1) is 10.7. The highest BCUT2D eigenvalue weighted by Crippen LogP contribution is 2.22. The van der Waals surface area contributed by atoms with Crippen LogP contribution in [0, 0.1) is 0 Å². The first-order valence-corrected chi connectivity index (χ1v) is 7.42. The van der Waals surface area contributed by atoms with Crippen LogP contribution in [0.3, 0.4) is 0 Å². The van der Waals surface area contributed by atoms with Crippen LogP contribution in [0.1, 0.15) is 5.56 Å². The number of methoxy groups -OCH3 is 1. The van der Waals surface area contributed by atoms with Crippen molar-refractivity contribution in [1.82, 2.24) is 5.43 Å². The van der Waals surface area contributed by atoms with Gasteiger partial charge in [0.1, 0.15) is 5.75 Å². The summed E-state index contributed by atoms with van der Waals surface area (Å²) in [5.74, 6) is 0.452. The summed E-state index contributed by atoms with van der Waals surface area (Å²) in [7, 11) is 1.59. The number of carbonyl (C=O) groups excluding carboxylic acids is 1. The summed E-state index contributed by atoms with van der Waals surface area (Å²) in [5, 5.41) is 6.92. The SMILES string of the molecule is COc1ccccc1NCC(=O)NN=Cc1ccc(Br)cc1. The standard InChI is InChI=1S/C16H16BrN3O2/c1-22-15-5-3-2-4-14(15)18-11-16(21)20-19-10-12-6-8-13(17)9-7-12/h2-10,18H,11H2,1H3,(H,20,21). The Hall–Kier alpha value is -2.34. The Balaban J connectivity index is 1.82. The molecule has 0 radical (unpaired) electrons. The van der Waals surface area contributed by atoms with E-state index >= 15 is 0 Å². The van der Waals surface area contributed by atoms with Crippen molar-refractivity contribution in [2.24, 2.45) is 5.10 Å². The maximum Gasteiger partial charge on any atom is 0.259 e. The van der Waals surface area contributed by atoms with Crippen LogP contribution in [0.4, 0.5) is 5.69 Å². The lowest BCUT2D eigenvalue weighted by Crippen LogP contribution is -2.26. The molecule has 0 saturated carbocycles. The molecule has 114 valence electrons. The molecule has 2 rings (SSSR count). The van der Waals surface area contributed by atoms with Gasteiger partial charge in [0.25, 0.3) is 5.91 Å². The molecule has 2 aromatic carbocycles. The largest absolute Gasteiger partial charge is 0.495 e. The quantitative estimate of drug-likeness (QED) is 0.613. The van der Waals surface area contributed by atoms with E-state index in [0.29, 0.717) is 5.75 Å². The van der Waals surface area contributed by atoms with Gasteiger partial charge in [0.2, 0.25) is 0 Å². The summed E-state index contributed by atoms with van der Waals surface area (Å²) in [6, 6.07) is 15.0. The second-order valence-electron chi connectivity index (χ2n) is 4.40. The van der Waals surface area contributed by atoms with Gasteiger partial charge < -0.3 is 10.1 Å². The molecule has 0 aliphatic rings. The van der Waals surface area contributed by atoms with Crippen molar-refractivity contribution >= 4 is 33.7 Å². The van der Waals surface area contributed by atoms with Gasteiger partial charge in [-0.15, -0.1) is 0 Å². The molecule has 22 heavy (non-hydrogen) atoms. The Kier molecular flexibility index (Phi) is 5.97. The number of anilines is 1. The van der Waals surface area contributed by atoms with E-state index < -0.39 is 0 Å². The van der Waals surface area contributed by atoms with E-state index in [9.17, 15) is 4.79 Å². The smallest absolute Gasteiger partial charge is 0.259 e. The number of rotatable bonds is 6. The van der Waals surface area contributed by atoms with Gasteiger partial charge in [-0.05, 0) is 29.8 Å². The van der Waals surface area contributed by atoms with Gasteiger partial charge in [0.05, 0.1) is 25.6 Å². The minimum atomic E-state index is -0.237. The normalized spacial score (nSPS) is 10.5. The van der Waals surface area contributed by atoms with Crippen molar-refractivity contribution in [1.29, 1.82) is 0 Å². The highest BCUT2D eigenvalue weighted by molar-refractivity contribution is 9.10. The van der Waals surface area contributed by atoms with E-state index in [1.54, 1.807) is 13.3 Å². The summed E-state index contributed by atoms with van der Waals surface area (Å²) in [6.07, 6.45) is 1.59. The Morgan fingerprint density at radius 1 is 1.23 bits per heavy atom. The van der Waals surface area contributed by atoms with E-state index in [1.165, 1.54) is 0 Å². The molecule has 0 bridgehead atoms.